The molecule has 0 unspecified atom stereocenters. The molecule has 0 spiro atoms. The van der Waals surface area contributed by atoms with Crippen LogP contribution in [0.4, 0.5) is 0 Å². The Labute approximate surface area is 165 Å². The highest BCUT2D eigenvalue weighted by Crippen LogP contribution is 2.20. The van der Waals surface area contributed by atoms with E-state index in [1.807, 2.05) is 35.2 Å². The maximum atomic E-state index is 12.5. The van der Waals surface area contributed by atoms with Crippen LogP contribution in [0.1, 0.15) is 18.4 Å². The third-order valence-corrected chi connectivity index (χ3v) is 5.34. The van der Waals surface area contributed by atoms with Crippen molar-refractivity contribution in [2.24, 2.45) is 0 Å². The molecule has 0 radical (unpaired) electrons. The van der Waals surface area contributed by atoms with E-state index in [1.165, 1.54) is 16.5 Å². The molecule has 1 aliphatic rings. The van der Waals surface area contributed by atoms with Crippen molar-refractivity contribution >= 4 is 16.8 Å². The first-order valence-corrected chi connectivity index (χ1v) is 10.0. The van der Waals surface area contributed by atoms with Crippen molar-refractivity contribution in [2.45, 2.75) is 19.4 Å². The average Bonchev–Trinajstić information content (AvgIpc) is 3.15. The quantitative estimate of drug-likeness (QED) is 0.639. The van der Waals surface area contributed by atoms with E-state index < -0.39 is 0 Å². The van der Waals surface area contributed by atoms with Gasteiger partial charge in [0.25, 0.3) is 0 Å². The van der Waals surface area contributed by atoms with Crippen molar-refractivity contribution in [3.8, 4) is 5.75 Å². The number of hydrogen-bond acceptors (Lipinski definition) is 3. The van der Waals surface area contributed by atoms with Gasteiger partial charge in [-0.05, 0) is 30.2 Å². The molecule has 1 aliphatic heterocycles. The molecule has 0 saturated carbocycles. The molecule has 0 aliphatic carbocycles. The summed E-state index contributed by atoms with van der Waals surface area (Å²) in [7, 11) is 0. The first-order valence-electron chi connectivity index (χ1n) is 10.0. The molecular formula is C23H27N3O2. The van der Waals surface area contributed by atoms with Crippen molar-refractivity contribution in [1.82, 2.24) is 14.8 Å². The van der Waals surface area contributed by atoms with Crippen molar-refractivity contribution in [3.05, 3.63) is 66.4 Å². The molecule has 2 aromatic carbocycles. The number of carbonyl (C=O) groups excluding carboxylic acids is 1. The molecule has 1 amide bonds. The highest BCUT2D eigenvalue weighted by Gasteiger charge is 2.21. The van der Waals surface area contributed by atoms with Gasteiger partial charge in [-0.1, -0.05) is 36.4 Å². The second kappa shape index (κ2) is 8.93. The van der Waals surface area contributed by atoms with E-state index in [4.69, 9.17) is 4.74 Å². The minimum absolute atomic E-state index is 0.239. The van der Waals surface area contributed by atoms with Crippen molar-refractivity contribution in [1.29, 1.82) is 0 Å². The number of piperazine rings is 1. The van der Waals surface area contributed by atoms with Gasteiger partial charge in [0.05, 0.1) is 6.61 Å². The van der Waals surface area contributed by atoms with Gasteiger partial charge in [0.1, 0.15) is 5.75 Å². The number of aromatic amines is 1. The van der Waals surface area contributed by atoms with Gasteiger partial charge < -0.3 is 14.6 Å². The van der Waals surface area contributed by atoms with Crippen molar-refractivity contribution < 1.29 is 9.53 Å². The van der Waals surface area contributed by atoms with E-state index in [2.05, 4.69) is 40.3 Å². The smallest absolute Gasteiger partial charge is 0.222 e. The summed E-state index contributed by atoms with van der Waals surface area (Å²) >= 11 is 0. The van der Waals surface area contributed by atoms with Crippen LogP contribution in [0.5, 0.6) is 5.75 Å². The summed E-state index contributed by atoms with van der Waals surface area (Å²) < 4.78 is 5.67. The van der Waals surface area contributed by atoms with Crippen molar-refractivity contribution in [2.75, 3.05) is 32.8 Å². The molecule has 5 heteroatoms. The van der Waals surface area contributed by atoms with Gasteiger partial charge >= 0.3 is 0 Å². The molecular weight excluding hydrogens is 350 g/mol. The van der Waals surface area contributed by atoms with Crippen LogP contribution in [0.3, 0.4) is 0 Å². The Morgan fingerprint density at radius 2 is 1.71 bits per heavy atom. The number of carbonyl (C=O) groups is 1. The summed E-state index contributed by atoms with van der Waals surface area (Å²) in [6.07, 6.45) is 3.41. The van der Waals surface area contributed by atoms with E-state index in [0.717, 1.165) is 44.9 Å². The number of aromatic nitrogens is 1. The maximum Gasteiger partial charge on any atom is 0.222 e. The Kier molecular flexibility index (Phi) is 5.92. The largest absolute Gasteiger partial charge is 0.494 e. The van der Waals surface area contributed by atoms with Crippen LogP contribution in [0, 0.1) is 0 Å². The second-order valence-electron chi connectivity index (χ2n) is 7.28. The number of fused-ring (bicyclic) bond motifs is 1. The topological polar surface area (TPSA) is 48.6 Å². The third-order valence-electron chi connectivity index (χ3n) is 5.34. The summed E-state index contributed by atoms with van der Waals surface area (Å²) in [5.41, 5.74) is 2.51. The zero-order valence-corrected chi connectivity index (χ0v) is 16.1. The Morgan fingerprint density at radius 3 is 2.54 bits per heavy atom. The van der Waals surface area contributed by atoms with Crippen LogP contribution < -0.4 is 4.74 Å². The summed E-state index contributed by atoms with van der Waals surface area (Å²) in [6, 6.07) is 18.2. The van der Waals surface area contributed by atoms with Crippen LogP contribution in [0.2, 0.25) is 0 Å². The highest BCUT2D eigenvalue weighted by molar-refractivity contribution is 5.83. The average molecular weight is 377 g/mol. The van der Waals surface area contributed by atoms with E-state index in [-0.39, 0.29) is 5.91 Å². The second-order valence-corrected chi connectivity index (χ2v) is 7.28. The van der Waals surface area contributed by atoms with Crippen LogP contribution >= 0.6 is 0 Å². The normalized spacial score (nSPS) is 15.1. The Balaban J connectivity index is 1.19. The predicted molar refractivity (Wildman–Crippen MR) is 111 cm³/mol. The number of ether oxygens (including phenoxy) is 1. The number of nitrogens with zero attached hydrogens (tertiary/aromatic N) is 2. The fourth-order valence-electron chi connectivity index (χ4n) is 3.75. The lowest BCUT2D eigenvalue weighted by atomic mass is 10.1. The SMILES string of the molecule is O=C(CCCOc1ccccc1)N1CCN(Cc2c[nH]c3ccccc23)CC1. The lowest BCUT2D eigenvalue weighted by Crippen LogP contribution is -2.48. The van der Waals surface area contributed by atoms with Gasteiger partial charge in [-0.15, -0.1) is 0 Å². The van der Waals surface area contributed by atoms with Crippen LogP contribution in [0.25, 0.3) is 10.9 Å². The zero-order valence-electron chi connectivity index (χ0n) is 16.1. The Morgan fingerprint density at radius 1 is 0.964 bits per heavy atom. The molecule has 4 rings (SSSR count). The van der Waals surface area contributed by atoms with Gasteiger partial charge in [-0.2, -0.15) is 0 Å². The fraction of sp³-hybridized carbons (Fsp3) is 0.348. The number of H-pyrrole nitrogens is 1. The molecule has 1 saturated heterocycles. The first-order chi connectivity index (χ1) is 13.8. The zero-order chi connectivity index (χ0) is 19.2. The molecule has 28 heavy (non-hydrogen) atoms. The minimum atomic E-state index is 0.239. The molecule has 3 aromatic rings. The third kappa shape index (κ3) is 4.54. The van der Waals surface area contributed by atoms with Crippen molar-refractivity contribution in [3.63, 3.8) is 0 Å². The molecule has 1 aromatic heterocycles. The summed E-state index contributed by atoms with van der Waals surface area (Å²) in [5.74, 6) is 1.10. The number of hydrogen-bond donors (Lipinski definition) is 1. The summed E-state index contributed by atoms with van der Waals surface area (Å²) in [6.45, 7) is 4.96. The van der Waals surface area contributed by atoms with E-state index in [0.29, 0.717) is 13.0 Å². The predicted octanol–water partition coefficient (Wildman–Crippen LogP) is 3.67. The molecule has 1 N–H and O–H groups in total. The summed E-state index contributed by atoms with van der Waals surface area (Å²) in [4.78, 5) is 20.2. The molecule has 5 nitrogen and oxygen atoms in total. The van der Waals surface area contributed by atoms with Gasteiger partial charge in [0, 0.05) is 56.2 Å². The van der Waals surface area contributed by atoms with Gasteiger partial charge in [0.15, 0.2) is 0 Å². The van der Waals surface area contributed by atoms with Crippen LogP contribution in [-0.2, 0) is 11.3 Å². The maximum absolute atomic E-state index is 12.5. The van der Waals surface area contributed by atoms with Crippen LogP contribution in [0.15, 0.2) is 60.8 Å². The fourth-order valence-corrected chi connectivity index (χ4v) is 3.75. The van der Waals surface area contributed by atoms with E-state index in [1.54, 1.807) is 0 Å². The first kappa shape index (κ1) is 18.6. The highest BCUT2D eigenvalue weighted by atomic mass is 16.5. The number of rotatable bonds is 7. The van der Waals surface area contributed by atoms with Gasteiger partial charge in [0.2, 0.25) is 5.91 Å². The van der Waals surface area contributed by atoms with Gasteiger partial charge in [-0.3, -0.25) is 9.69 Å². The molecule has 146 valence electrons. The monoisotopic (exact) mass is 377 g/mol. The lowest BCUT2D eigenvalue weighted by molar-refractivity contribution is -0.133. The number of benzene rings is 2. The minimum Gasteiger partial charge on any atom is -0.494 e. The van der Waals surface area contributed by atoms with Crippen LogP contribution in [-0.4, -0.2) is 53.5 Å². The number of amides is 1. The molecule has 0 bridgehead atoms. The Hall–Kier alpha value is -2.79. The number of para-hydroxylation sites is 2. The molecule has 1 fully saturated rings. The number of nitrogens with one attached hydrogen (secondary N) is 1. The lowest BCUT2D eigenvalue weighted by Gasteiger charge is -2.34. The molecule has 0 atom stereocenters. The van der Waals surface area contributed by atoms with E-state index >= 15 is 0 Å². The molecule has 2 heterocycles. The summed E-state index contributed by atoms with van der Waals surface area (Å²) in [5, 5.41) is 1.29. The van der Waals surface area contributed by atoms with Gasteiger partial charge in [-0.25, -0.2) is 0 Å². The van der Waals surface area contributed by atoms with E-state index in [9.17, 15) is 4.79 Å². The standard InChI is InChI=1S/C23H27N3O2/c27-23(11-6-16-28-20-7-2-1-3-8-20)26-14-12-25(13-15-26)18-19-17-24-22-10-5-4-9-21(19)22/h1-5,7-10,17,24H,6,11-16,18H2. The Bertz CT molecular complexity index is 898.